The zero-order valence-corrected chi connectivity index (χ0v) is 13.6. The number of fused-ring (bicyclic) bond motifs is 1. The lowest BCUT2D eigenvalue weighted by Gasteiger charge is -2.20. The number of amides is 1. The molecule has 0 aromatic carbocycles. The average Bonchev–Trinajstić information content (AvgIpc) is 3.23. The van der Waals surface area contributed by atoms with Crippen molar-refractivity contribution in [1.29, 1.82) is 0 Å². The molecule has 118 valence electrons. The first kappa shape index (κ1) is 14.4. The molecule has 1 amide bonds. The van der Waals surface area contributed by atoms with Crippen LogP contribution in [0.2, 0.25) is 0 Å². The maximum Gasteiger partial charge on any atom is 0.278 e. The number of thiazole rings is 1. The lowest BCUT2D eigenvalue weighted by atomic mass is 9.89. The summed E-state index contributed by atoms with van der Waals surface area (Å²) in [4.78, 5) is 21.4. The molecule has 0 radical (unpaired) electrons. The first-order valence-electron chi connectivity index (χ1n) is 8.01. The summed E-state index contributed by atoms with van der Waals surface area (Å²) >= 11 is 1.41. The molecule has 1 saturated carbocycles. The lowest BCUT2D eigenvalue weighted by molar-refractivity contribution is 0.102. The normalized spacial score (nSPS) is 15.8. The van der Waals surface area contributed by atoms with Crippen molar-refractivity contribution < 1.29 is 4.79 Å². The number of hydrogen-bond donors (Lipinski definition) is 1. The Labute approximate surface area is 138 Å². The highest BCUT2D eigenvalue weighted by Gasteiger charge is 2.24. The number of carbonyl (C=O) groups excluding carboxylic acids is 1. The number of imidazole rings is 1. The first-order chi connectivity index (χ1) is 11.3. The summed E-state index contributed by atoms with van der Waals surface area (Å²) in [5, 5.41) is 5.28. The van der Waals surface area contributed by atoms with E-state index >= 15 is 0 Å². The van der Waals surface area contributed by atoms with Crippen LogP contribution in [-0.2, 0) is 0 Å². The quantitative estimate of drug-likeness (QED) is 0.788. The fourth-order valence-electron chi connectivity index (χ4n) is 3.32. The maximum absolute atomic E-state index is 12.6. The largest absolute Gasteiger partial charge is 0.303 e. The van der Waals surface area contributed by atoms with Crippen molar-refractivity contribution in [1.82, 2.24) is 14.4 Å². The van der Waals surface area contributed by atoms with Gasteiger partial charge in [-0.05, 0) is 25.0 Å². The van der Waals surface area contributed by atoms with E-state index in [0.29, 0.717) is 16.7 Å². The monoisotopic (exact) mass is 326 g/mol. The van der Waals surface area contributed by atoms with E-state index in [1.54, 1.807) is 6.20 Å². The van der Waals surface area contributed by atoms with Crippen molar-refractivity contribution in [3.05, 3.63) is 47.5 Å². The molecular formula is C17H18N4OS. The van der Waals surface area contributed by atoms with Crippen LogP contribution in [-0.4, -0.2) is 20.3 Å². The Hall–Kier alpha value is -2.21. The van der Waals surface area contributed by atoms with Crippen LogP contribution in [0.4, 0.5) is 5.13 Å². The van der Waals surface area contributed by atoms with Gasteiger partial charge in [0, 0.05) is 23.7 Å². The Morgan fingerprint density at radius 3 is 2.91 bits per heavy atom. The molecule has 0 spiro atoms. The van der Waals surface area contributed by atoms with Crippen molar-refractivity contribution >= 4 is 27.9 Å². The number of carbonyl (C=O) groups is 1. The van der Waals surface area contributed by atoms with Crippen LogP contribution in [0.25, 0.3) is 5.52 Å². The number of nitrogens with zero attached hydrogens (tertiary/aromatic N) is 3. The van der Waals surface area contributed by atoms with Crippen molar-refractivity contribution in [2.75, 3.05) is 5.32 Å². The summed E-state index contributed by atoms with van der Waals surface area (Å²) in [7, 11) is 0. The molecule has 0 aliphatic heterocycles. The van der Waals surface area contributed by atoms with E-state index in [1.165, 1.54) is 30.6 Å². The number of hydrogen-bond acceptors (Lipinski definition) is 4. The Bertz CT molecular complexity index is 818. The highest BCUT2D eigenvalue weighted by atomic mass is 32.1. The number of pyridine rings is 1. The second-order valence-electron chi connectivity index (χ2n) is 5.90. The minimum Gasteiger partial charge on any atom is -0.303 e. The molecule has 1 N–H and O–H groups in total. The van der Waals surface area contributed by atoms with Gasteiger partial charge in [-0.1, -0.05) is 25.3 Å². The summed E-state index contributed by atoms with van der Waals surface area (Å²) in [6.45, 7) is 0. The Balaban J connectivity index is 1.73. The summed E-state index contributed by atoms with van der Waals surface area (Å²) < 4.78 is 2.08. The van der Waals surface area contributed by atoms with E-state index in [2.05, 4.69) is 14.7 Å². The smallest absolute Gasteiger partial charge is 0.278 e. The van der Waals surface area contributed by atoms with Crippen LogP contribution < -0.4 is 5.32 Å². The van der Waals surface area contributed by atoms with E-state index in [1.807, 2.05) is 29.8 Å². The van der Waals surface area contributed by atoms with Gasteiger partial charge in [0.15, 0.2) is 10.8 Å². The molecule has 0 saturated heterocycles. The standard InChI is InChI=1S/C17H18N4OS/c22-16(20-17-18-9-11-23-17)14-13-8-4-5-10-21(13)15(19-14)12-6-2-1-3-7-12/h4-5,8-12H,1-3,6-7H2,(H,18,20,22). The minimum absolute atomic E-state index is 0.189. The van der Waals surface area contributed by atoms with Crippen molar-refractivity contribution in [2.24, 2.45) is 0 Å². The molecule has 0 bridgehead atoms. The summed E-state index contributed by atoms with van der Waals surface area (Å²) in [5.74, 6) is 1.27. The van der Waals surface area contributed by atoms with E-state index in [4.69, 9.17) is 4.98 Å². The first-order valence-corrected chi connectivity index (χ1v) is 8.89. The summed E-state index contributed by atoms with van der Waals surface area (Å²) in [6.07, 6.45) is 9.78. The maximum atomic E-state index is 12.6. The van der Waals surface area contributed by atoms with Crippen molar-refractivity contribution in [3.63, 3.8) is 0 Å². The zero-order valence-electron chi connectivity index (χ0n) is 12.7. The second-order valence-corrected chi connectivity index (χ2v) is 6.80. The van der Waals surface area contributed by atoms with Gasteiger partial charge in [0.2, 0.25) is 0 Å². The molecule has 6 heteroatoms. The highest BCUT2D eigenvalue weighted by Crippen LogP contribution is 2.33. The zero-order chi connectivity index (χ0) is 15.6. The number of rotatable bonds is 3. The second kappa shape index (κ2) is 6.12. The fraction of sp³-hybridized carbons (Fsp3) is 0.353. The van der Waals surface area contributed by atoms with Gasteiger partial charge in [-0.2, -0.15) is 0 Å². The lowest BCUT2D eigenvalue weighted by Crippen LogP contribution is -2.13. The molecule has 3 aromatic heterocycles. The molecule has 23 heavy (non-hydrogen) atoms. The highest BCUT2D eigenvalue weighted by molar-refractivity contribution is 7.13. The Morgan fingerprint density at radius 1 is 1.26 bits per heavy atom. The van der Waals surface area contributed by atoms with Gasteiger partial charge >= 0.3 is 0 Å². The fourth-order valence-corrected chi connectivity index (χ4v) is 3.84. The number of anilines is 1. The van der Waals surface area contributed by atoms with E-state index in [-0.39, 0.29) is 5.91 Å². The van der Waals surface area contributed by atoms with Crippen LogP contribution in [0.3, 0.4) is 0 Å². The van der Waals surface area contributed by atoms with Gasteiger partial charge in [-0.3, -0.25) is 10.1 Å². The van der Waals surface area contributed by atoms with Crippen LogP contribution >= 0.6 is 11.3 Å². The minimum atomic E-state index is -0.189. The molecule has 1 fully saturated rings. The molecule has 0 unspecified atom stereocenters. The van der Waals surface area contributed by atoms with Gasteiger partial charge in [0.25, 0.3) is 5.91 Å². The summed E-state index contributed by atoms with van der Waals surface area (Å²) in [6, 6.07) is 5.89. The van der Waals surface area contributed by atoms with Crippen molar-refractivity contribution in [2.45, 2.75) is 38.0 Å². The number of aromatic nitrogens is 3. The third kappa shape index (κ3) is 2.74. The Morgan fingerprint density at radius 2 is 2.13 bits per heavy atom. The van der Waals surface area contributed by atoms with E-state index in [0.717, 1.165) is 24.2 Å². The molecule has 3 aromatic rings. The van der Waals surface area contributed by atoms with Gasteiger partial charge in [-0.15, -0.1) is 11.3 Å². The molecule has 5 nitrogen and oxygen atoms in total. The molecule has 4 rings (SSSR count). The van der Waals surface area contributed by atoms with Crippen LogP contribution in [0.5, 0.6) is 0 Å². The van der Waals surface area contributed by atoms with Gasteiger partial charge in [0.05, 0.1) is 5.52 Å². The summed E-state index contributed by atoms with van der Waals surface area (Å²) in [5.41, 5.74) is 1.35. The van der Waals surface area contributed by atoms with E-state index < -0.39 is 0 Å². The predicted molar refractivity (Wildman–Crippen MR) is 91.1 cm³/mol. The molecule has 1 aliphatic carbocycles. The van der Waals surface area contributed by atoms with Crippen molar-refractivity contribution in [3.8, 4) is 0 Å². The number of nitrogens with one attached hydrogen (secondary N) is 1. The average molecular weight is 326 g/mol. The third-order valence-electron chi connectivity index (χ3n) is 4.41. The molecular weight excluding hydrogens is 308 g/mol. The van der Waals surface area contributed by atoms with Gasteiger partial charge in [0.1, 0.15) is 5.82 Å². The third-order valence-corrected chi connectivity index (χ3v) is 5.10. The van der Waals surface area contributed by atoms with Crippen LogP contribution in [0.1, 0.15) is 54.3 Å². The Kier molecular flexibility index (Phi) is 3.83. The molecule has 0 atom stereocenters. The van der Waals surface area contributed by atoms with Gasteiger partial charge < -0.3 is 4.40 Å². The van der Waals surface area contributed by atoms with Gasteiger partial charge in [-0.25, -0.2) is 9.97 Å². The van der Waals surface area contributed by atoms with E-state index in [9.17, 15) is 4.79 Å². The molecule has 1 aliphatic rings. The topological polar surface area (TPSA) is 59.3 Å². The van der Waals surface area contributed by atoms with Crippen LogP contribution in [0.15, 0.2) is 36.0 Å². The SMILES string of the molecule is O=C(Nc1nccs1)c1nc(C2CCCCC2)n2ccccc12. The predicted octanol–water partition coefficient (Wildman–Crippen LogP) is 4.09. The van der Waals surface area contributed by atoms with Crippen LogP contribution in [0, 0.1) is 0 Å². The molecule has 3 heterocycles.